The molecule has 0 unspecified atom stereocenters. The maximum absolute atomic E-state index is 12.1. The van der Waals surface area contributed by atoms with Gasteiger partial charge in [0.1, 0.15) is 11.4 Å². The van der Waals surface area contributed by atoms with Crippen molar-refractivity contribution >= 4 is 47.2 Å². The number of aromatic nitrogens is 1. The van der Waals surface area contributed by atoms with Crippen LogP contribution in [0.1, 0.15) is 38.8 Å². The fourth-order valence-corrected chi connectivity index (χ4v) is 3.71. The number of hydrogen-bond acceptors (Lipinski definition) is 6. The zero-order valence-electron chi connectivity index (χ0n) is 22.9. The molecule has 0 saturated heterocycles. The standard InChI is InChI=1S/C29H33N5O5.ClH/c1-6-14-38-27(36)33-17-21-12-13-22(23-15-25(31-18-24(21)23)34-26(35)30-7-2)20-10-8-19(9-11-20)16-32-28(37)39-29(3,4)5;/h1,8-13,15,18H,7,14,16-17H2,2-5H3,(H,32,37)(H,33,36)(H2,30,31,34,35);1H. The first kappa shape index (κ1) is 31.7. The molecule has 212 valence electrons. The molecule has 0 radical (unpaired) electrons. The molecule has 0 aliphatic carbocycles. The van der Waals surface area contributed by atoms with Gasteiger partial charge in [0.2, 0.25) is 0 Å². The second-order valence-corrected chi connectivity index (χ2v) is 9.56. The molecule has 0 aliphatic rings. The number of halogens is 1. The highest BCUT2D eigenvalue weighted by molar-refractivity contribution is 6.01. The molecular weight excluding hydrogens is 534 g/mol. The number of carbonyl (C=O) groups excluding carboxylic acids is 3. The number of alkyl carbamates (subject to hydrolysis) is 2. The number of ether oxygens (including phenoxy) is 2. The third kappa shape index (κ3) is 9.36. The minimum Gasteiger partial charge on any atom is -0.444 e. The van der Waals surface area contributed by atoms with Crippen molar-refractivity contribution in [3.63, 3.8) is 0 Å². The summed E-state index contributed by atoms with van der Waals surface area (Å²) in [6, 6.07) is 13.0. The summed E-state index contributed by atoms with van der Waals surface area (Å²) in [5.74, 6) is 2.63. The summed E-state index contributed by atoms with van der Waals surface area (Å²) < 4.78 is 10.2. The second kappa shape index (κ2) is 14.6. The molecule has 1 aromatic heterocycles. The van der Waals surface area contributed by atoms with Gasteiger partial charge in [-0.3, -0.25) is 5.32 Å². The van der Waals surface area contributed by atoms with E-state index in [4.69, 9.17) is 15.9 Å². The fourth-order valence-electron chi connectivity index (χ4n) is 3.71. The molecule has 3 aromatic rings. The third-order valence-corrected chi connectivity index (χ3v) is 5.38. The van der Waals surface area contributed by atoms with Crippen LogP contribution in [0.15, 0.2) is 48.7 Å². The molecule has 0 atom stereocenters. The largest absolute Gasteiger partial charge is 0.444 e. The predicted molar refractivity (Wildman–Crippen MR) is 157 cm³/mol. The smallest absolute Gasteiger partial charge is 0.408 e. The number of anilines is 1. The molecule has 0 fully saturated rings. The first-order valence-electron chi connectivity index (χ1n) is 12.5. The van der Waals surface area contributed by atoms with Crippen molar-refractivity contribution in [1.82, 2.24) is 20.9 Å². The van der Waals surface area contributed by atoms with E-state index in [0.717, 1.165) is 33.0 Å². The maximum Gasteiger partial charge on any atom is 0.408 e. The number of amides is 4. The van der Waals surface area contributed by atoms with Crippen LogP contribution in [0, 0.1) is 12.3 Å². The van der Waals surface area contributed by atoms with Gasteiger partial charge in [0.05, 0.1) is 0 Å². The average Bonchev–Trinajstić information content (AvgIpc) is 2.88. The Labute approximate surface area is 240 Å². The number of benzene rings is 2. The Morgan fingerprint density at radius 3 is 2.30 bits per heavy atom. The van der Waals surface area contributed by atoms with Gasteiger partial charge in [-0.15, -0.1) is 18.8 Å². The van der Waals surface area contributed by atoms with Gasteiger partial charge in [-0.2, -0.15) is 0 Å². The van der Waals surface area contributed by atoms with Crippen LogP contribution in [0.2, 0.25) is 0 Å². The molecule has 0 bridgehead atoms. The van der Waals surface area contributed by atoms with Crippen LogP contribution >= 0.6 is 12.4 Å². The van der Waals surface area contributed by atoms with Crippen LogP contribution in [0.5, 0.6) is 0 Å². The van der Waals surface area contributed by atoms with Gasteiger partial charge in [-0.05, 0) is 61.4 Å². The number of terminal acetylenes is 1. The summed E-state index contributed by atoms with van der Waals surface area (Å²) in [7, 11) is 0. The minimum atomic E-state index is -0.622. The van der Waals surface area contributed by atoms with Crippen LogP contribution in [-0.2, 0) is 22.6 Å². The lowest BCUT2D eigenvalue weighted by atomic mass is 9.95. The van der Waals surface area contributed by atoms with Crippen molar-refractivity contribution in [2.45, 2.75) is 46.4 Å². The highest BCUT2D eigenvalue weighted by Crippen LogP contribution is 2.32. The first-order chi connectivity index (χ1) is 18.6. The van der Waals surface area contributed by atoms with Gasteiger partial charge in [0, 0.05) is 31.2 Å². The minimum absolute atomic E-state index is 0. The number of rotatable bonds is 8. The van der Waals surface area contributed by atoms with Crippen molar-refractivity contribution < 1.29 is 23.9 Å². The van der Waals surface area contributed by atoms with E-state index in [-0.39, 0.29) is 31.6 Å². The topological polar surface area (TPSA) is 131 Å². The van der Waals surface area contributed by atoms with E-state index in [2.05, 4.69) is 32.2 Å². The predicted octanol–water partition coefficient (Wildman–Crippen LogP) is 5.35. The van der Waals surface area contributed by atoms with E-state index in [9.17, 15) is 14.4 Å². The molecule has 0 saturated carbocycles. The van der Waals surface area contributed by atoms with Crippen LogP contribution in [0.25, 0.3) is 21.9 Å². The van der Waals surface area contributed by atoms with E-state index < -0.39 is 17.8 Å². The summed E-state index contributed by atoms with van der Waals surface area (Å²) in [4.78, 5) is 40.3. The van der Waals surface area contributed by atoms with Crippen molar-refractivity contribution in [1.29, 1.82) is 0 Å². The van der Waals surface area contributed by atoms with Crippen LogP contribution in [-0.4, -0.2) is 42.0 Å². The Morgan fingerprint density at radius 2 is 1.65 bits per heavy atom. The molecule has 4 N–H and O–H groups in total. The van der Waals surface area contributed by atoms with Crippen LogP contribution < -0.4 is 21.3 Å². The zero-order chi connectivity index (χ0) is 28.4. The summed E-state index contributed by atoms with van der Waals surface area (Å²) >= 11 is 0. The molecule has 10 nitrogen and oxygen atoms in total. The van der Waals surface area contributed by atoms with E-state index in [1.54, 1.807) is 12.3 Å². The monoisotopic (exact) mass is 567 g/mol. The molecule has 3 rings (SSSR count). The van der Waals surface area contributed by atoms with Gasteiger partial charge < -0.3 is 25.4 Å². The Hall–Kier alpha value is -4.49. The Bertz CT molecular complexity index is 1380. The van der Waals surface area contributed by atoms with Gasteiger partial charge >= 0.3 is 18.2 Å². The van der Waals surface area contributed by atoms with E-state index in [0.29, 0.717) is 18.9 Å². The lowest BCUT2D eigenvalue weighted by Gasteiger charge is -2.19. The normalized spacial score (nSPS) is 10.5. The molecule has 11 heteroatoms. The van der Waals surface area contributed by atoms with Gasteiger partial charge in [-0.25, -0.2) is 19.4 Å². The van der Waals surface area contributed by atoms with Crippen molar-refractivity contribution in [2.75, 3.05) is 18.5 Å². The molecule has 0 aliphatic heterocycles. The number of nitrogens with one attached hydrogen (secondary N) is 4. The Morgan fingerprint density at radius 1 is 0.950 bits per heavy atom. The molecule has 4 amide bonds. The summed E-state index contributed by atoms with van der Waals surface area (Å²) in [5.41, 5.74) is 2.96. The van der Waals surface area contributed by atoms with Crippen molar-refractivity contribution in [2.24, 2.45) is 0 Å². The lowest BCUT2D eigenvalue weighted by Crippen LogP contribution is -2.32. The van der Waals surface area contributed by atoms with E-state index in [1.165, 1.54) is 0 Å². The number of carbonyl (C=O) groups is 3. The average molecular weight is 568 g/mol. The summed E-state index contributed by atoms with van der Waals surface area (Å²) in [6.45, 7) is 8.13. The number of pyridine rings is 1. The maximum atomic E-state index is 12.1. The molecule has 1 heterocycles. The summed E-state index contributed by atoms with van der Waals surface area (Å²) in [5, 5.41) is 12.5. The number of nitrogens with zero attached hydrogens (tertiary/aromatic N) is 1. The number of urea groups is 1. The highest BCUT2D eigenvalue weighted by Gasteiger charge is 2.16. The quantitative estimate of drug-likeness (QED) is 0.271. The third-order valence-electron chi connectivity index (χ3n) is 5.38. The van der Waals surface area contributed by atoms with E-state index in [1.807, 2.05) is 64.1 Å². The van der Waals surface area contributed by atoms with Crippen LogP contribution in [0.4, 0.5) is 20.2 Å². The molecule has 0 spiro atoms. The Kier molecular flexibility index (Phi) is 11.6. The van der Waals surface area contributed by atoms with Crippen molar-refractivity contribution in [3.8, 4) is 23.5 Å². The number of fused-ring (bicyclic) bond motifs is 1. The zero-order valence-corrected chi connectivity index (χ0v) is 23.7. The lowest BCUT2D eigenvalue weighted by molar-refractivity contribution is 0.0523. The SMILES string of the molecule is C#CCOC(=O)NCc1ccc(-c2ccc(CNC(=O)OC(C)(C)C)cc2)c2cc(NC(=O)NCC)ncc12.Cl. The number of hydrogen-bond donors (Lipinski definition) is 4. The van der Waals surface area contributed by atoms with Crippen LogP contribution in [0.3, 0.4) is 0 Å². The van der Waals surface area contributed by atoms with Gasteiger partial charge in [0.15, 0.2) is 6.61 Å². The van der Waals surface area contributed by atoms with Gasteiger partial charge in [-0.1, -0.05) is 42.3 Å². The molecule has 2 aromatic carbocycles. The Balaban J connectivity index is 0.00000560. The highest BCUT2D eigenvalue weighted by atomic mass is 35.5. The van der Waals surface area contributed by atoms with Crippen molar-refractivity contribution in [3.05, 3.63) is 59.8 Å². The fraction of sp³-hybridized carbons (Fsp3) is 0.310. The van der Waals surface area contributed by atoms with Gasteiger partial charge in [0.25, 0.3) is 0 Å². The molecular formula is C29H34ClN5O5. The summed E-state index contributed by atoms with van der Waals surface area (Å²) in [6.07, 6.45) is 5.69. The second-order valence-electron chi connectivity index (χ2n) is 9.56. The van der Waals surface area contributed by atoms with E-state index >= 15 is 0 Å². The first-order valence-corrected chi connectivity index (χ1v) is 12.5. The molecule has 40 heavy (non-hydrogen) atoms.